The number of pyridine rings is 1. The Labute approximate surface area is 113 Å². The van der Waals surface area contributed by atoms with Gasteiger partial charge in [-0.05, 0) is 31.9 Å². The van der Waals surface area contributed by atoms with Crippen LogP contribution in [0.15, 0.2) is 18.5 Å². The van der Waals surface area contributed by atoms with E-state index in [2.05, 4.69) is 22.1 Å². The maximum Gasteiger partial charge on any atom is 0.253 e. The van der Waals surface area contributed by atoms with Gasteiger partial charge in [0.1, 0.15) is 5.75 Å². The van der Waals surface area contributed by atoms with Crippen LogP contribution in [0.25, 0.3) is 0 Å². The molecule has 0 aromatic carbocycles. The highest BCUT2D eigenvalue weighted by molar-refractivity contribution is 5.94. The number of nitrogens with zero attached hydrogens (tertiary/aromatic N) is 2. The zero-order valence-electron chi connectivity index (χ0n) is 11.3. The Morgan fingerprint density at radius 2 is 2.21 bits per heavy atom. The van der Waals surface area contributed by atoms with Crippen LogP contribution in [0.4, 0.5) is 0 Å². The molecule has 1 amide bonds. The lowest BCUT2D eigenvalue weighted by atomic mass is 10.0. The largest absolute Gasteiger partial charge is 0.506 e. The van der Waals surface area contributed by atoms with Gasteiger partial charge in [0, 0.05) is 25.3 Å². The van der Waals surface area contributed by atoms with E-state index in [1.54, 1.807) is 0 Å². The van der Waals surface area contributed by atoms with Gasteiger partial charge in [0.05, 0.1) is 11.8 Å². The second kappa shape index (κ2) is 6.52. The van der Waals surface area contributed by atoms with Crippen LogP contribution >= 0.6 is 0 Å². The monoisotopic (exact) mass is 263 g/mol. The van der Waals surface area contributed by atoms with Crippen molar-refractivity contribution in [3.8, 4) is 5.75 Å². The van der Waals surface area contributed by atoms with Crippen LogP contribution in [0.3, 0.4) is 0 Å². The van der Waals surface area contributed by atoms with Gasteiger partial charge in [-0.15, -0.1) is 0 Å². The Morgan fingerprint density at radius 1 is 1.47 bits per heavy atom. The van der Waals surface area contributed by atoms with Crippen molar-refractivity contribution in [1.29, 1.82) is 0 Å². The van der Waals surface area contributed by atoms with Gasteiger partial charge >= 0.3 is 0 Å². The number of hydrogen-bond donors (Lipinski definition) is 2. The fourth-order valence-electron chi connectivity index (χ4n) is 2.44. The molecule has 1 aromatic rings. The van der Waals surface area contributed by atoms with Crippen LogP contribution in [-0.4, -0.2) is 46.6 Å². The molecular weight excluding hydrogens is 242 g/mol. The average Bonchev–Trinajstić information content (AvgIpc) is 2.41. The van der Waals surface area contributed by atoms with Crippen molar-refractivity contribution in [2.45, 2.75) is 32.2 Å². The Hall–Kier alpha value is -1.62. The first kappa shape index (κ1) is 13.8. The van der Waals surface area contributed by atoms with Crippen LogP contribution in [0.1, 0.15) is 36.5 Å². The molecule has 0 radical (unpaired) electrons. The number of likely N-dealkylation sites (tertiary alicyclic amines) is 1. The molecule has 1 saturated heterocycles. The minimum absolute atomic E-state index is 0.0189. The molecule has 0 unspecified atom stereocenters. The number of hydrogen-bond acceptors (Lipinski definition) is 4. The van der Waals surface area contributed by atoms with Gasteiger partial charge in [-0.1, -0.05) is 6.92 Å². The van der Waals surface area contributed by atoms with Gasteiger partial charge < -0.3 is 15.3 Å². The molecule has 5 heteroatoms. The molecule has 0 saturated carbocycles. The molecule has 1 aliphatic heterocycles. The maximum absolute atomic E-state index is 12.0. The third-order valence-electron chi connectivity index (χ3n) is 3.45. The third-order valence-corrected chi connectivity index (χ3v) is 3.45. The highest BCUT2D eigenvalue weighted by Crippen LogP contribution is 2.13. The number of aromatic hydroxyl groups is 1. The molecule has 19 heavy (non-hydrogen) atoms. The van der Waals surface area contributed by atoms with Gasteiger partial charge in [0.25, 0.3) is 5.91 Å². The summed E-state index contributed by atoms with van der Waals surface area (Å²) in [7, 11) is 0. The molecule has 2 rings (SSSR count). The number of piperidine rings is 1. The third kappa shape index (κ3) is 3.92. The van der Waals surface area contributed by atoms with E-state index in [1.807, 2.05) is 0 Å². The van der Waals surface area contributed by atoms with Gasteiger partial charge in [-0.2, -0.15) is 0 Å². The van der Waals surface area contributed by atoms with E-state index in [0.717, 1.165) is 32.5 Å². The molecule has 2 heterocycles. The van der Waals surface area contributed by atoms with Crippen LogP contribution in [0.5, 0.6) is 5.75 Å². The van der Waals surface area contributed by atoms with Gasteiger partial charge in [-0.25, -0.2) is 0 Å². The molecule has 5 nitrogen and oxygen atoms in total. The fraction of sp³-hybridized carbons (Fsp3) is 0.571. The first-order valence-corrected chi connectivity index (χ1v) is 6.86. The minimum atomic E-state index is -0.155. The number of nitrogens with one attached hydrogen (secondary N) is 1. The lowest BCUT2D eigenvalue weighted by Gasteiger charge is -2.32. The Morgan fingerprint density at radius 3 is 2.84 bits per heavy atom. The summed E-state index contributed by atoms with van der Waals surface area (Å²) in [5.74, 6) is -0.136. The zero-order chi connectivity index (χ0) is 13.7. The summed E-state index contributed by atoms with van der Waals surface area (Å²) in [6, 6.07) is 1.66. The summed E-state index contributed by atoms with van der Waals surface area (Å²) in [5, 5.41) is 12.3. The van der Waals surface area contributed by atoms with Crippen molar-refractivity contribution < 1.29 is 9.90 Å². The van der Waals surface area contributed by atoms with Crippen LogP contribution in [-0.2, 0) is 0 Å². The van der Waals surface area contributed by atoms with Gasteiger partial charge in [-0.3, -0.25) is 9.78 Å². The van der Waals surface area contributed by atoms with Gasteiger partial charge in [0.15, 0.2) is 0 Å². The molecule has 0 spiro atoms. The van der Waals surface area contributed by atoms with Gasteiger partial charge in [0.2, 0.25) is 0 Å². The molecule has 0 atom stereocenters. The topological polar surface area (TPSA) is 65.5 Å². The summed E-state index contributed by atoms with van der Waals surface area (Å²) in [6.45, 7) is 5.40. The Kier molecular flexibility index (Phi) is 4.74. The highest BCUT2D eigenvalue weighted by atomic mass is 16.3. The van der Waals surface area contributed by atoms with Crippen LogP contribution < -0.4 is 5.32 Å². The molecule has 0 aliphatic carbocycles. The number of aromatic nitrogens is 1. The Bertz CT molecular complexity index is 428. The van der Waals surface area contributed by atoms with Crippen molar-refractivity contribution in [1.82, 2.24) is 15.2 Å². The second-order valence-corrected chi connectivity index (χ2v) is 5.02. The fourth-order valence-corrected chi connectivity index (χ4v) is 2.44. The summed E-state index contributed by atoms with van der Waals surface area (Å²) in [5.41, 5.74) is 0.413. The molecule has 1 fully saturated rings. The van der Waals surface area contributed by atoms with E-state index in [-0.39, 0.29) is 17.7 Å². The smallest absolute Gasteiger partial charge is 0.253 e. The average molecular weight is 263 g/mol. The standard InChI is InChI=1S/C14H21N3O2/c1-2-5-17-6-3-12(4-7-17)16-14(19)11-8-13(18)10-15-9-11/h8-10,12,18H,2-7H2,1H3,(H,16,19). The molecule has 1 aromatic heterocycles. The molecule has 104 valence electrons. The minimum Gasteiger partial charge on any atom is -0.506 e. The number of amides is 1. The number of carbonyl (C=O) groups excluding carboxylic acids is 1. The second-order valence-electron chi connectivity index (χ2n) is 5.02. The van der Waals surface area contributed by atoms with E-state index in [0.29, 0.717) is 5.56 Å². The molecular formula is C14H21N3O2. The lowest BCUT2D eigenvalue weighted by molar-refractivity contribution is 0.0910. The first-order valence-electron chi connectivity index (χ1n) is 6.86. The maximum atomic E-state index is 12.0. The molecule has 1 aliphatic rings. The summed E-state index contributed by atoms with van der Waals surface area (Å²) in [6.07, 6.45) is 5.93. The van der Waals surface area contributed by atoms with Crippen LogP contribution in [0.2, 0.25) is 0 Å². The normalized spacial score (nSPS) is 17.3. The van der Waals surface area contributed by atoms with E-state index in [1.165, 1.54) is 24.9 Å². The SMILES string of the molecule is CCCN1CCC(NC(=O)c2cncc(O)c2)CC1. The zero-order valence-corrected chi connectivity index (χ0v) is 11.3. The van der Waals surface area contributed by atoms with E-state index >= 15 is 0 Å². The first-order chi connectivity index (χ1) is 9.19. The van der Waals surface area contributed by atoms with E-state index in [9.17, 15) is 9.90 Å². The van der Waals surface area contributed by atoms with E-state index in [4.69, 9.17) is 0 Å². The van der Waals surface area contributed by atoms with Crippen molar-refractivity contribution in [2.24, 2.45) is 0 Å². The highest BCUT2D eigenvalue weighted by Gasteiger charge is 2.20. The Balaban J connectivity index is 1.84. The van der Waals surface area contributed by atoms with Crippen molar-refractivity contribution in [3.63, 3.8) is 0 Å². The summed E-state index contributed by atoms with van der Waals surface area (Å²) < 4.78 is 0. The predicted molar refractivity (Wildman–Crippen MR) is 73.1 cm³/mol. The molecule has 2 N–H and O–H groups in total. The van der Waals surface area contributed by atoms with Crippen molar-refractivity contribution in [3.05, 3.63) is 24.0 Å². The summed E-state index contributed by atoms with van der Waals surface area (Å²) >= 11 is 0. The summed E-state index contributed by atoms with van der Waals surface area (Å²) in [4.78, 5) is 18.2. The predicted octanol–water partition coefficient (Wildman–Crippen LogP) is 1.39. The van der Waals surface area contributed by atoms with E-state index < -0.39 is 0 Å². The number of rotatable bonds is 4. The number of carbonyl (C=O) groups is 1. The van der Waals surface area contributed by atoms with Crippen molar-refractivity contribution >= 4 is 5.91 Å². The van der Waals surface area contributed by atoms with Crippen LogP contribution in [0, 0.1) is 0 Å². The van der Waals surface area contributed by atoms with Crippen molar-refractivity contribution in [2.75, 3.05) is 19.6 Å². The lowest BCUT2D eigenvalue weighted by Crippen LogP contribution is -2.44. The quantitative estimate of drug-likeness (QED) is 0.861. The molecule has 0 bridgehead atoms.